The van der Waals surface area contributed by atoms with Crippen molar-refractivity contribution >= 4 is 28.6 Å². The fraction of sp³-hybridized carbons (Fsp3) is 0.500. The van der Waals surface area contributed by atoms with Gasteiger partial charge in [0.2, 0.25) is 5.91 Å². The molecule has 0 bridgehead atoms. The summed E-state index contributed by atoms with van der Waals surface area (Å²) in [6, 6.07) is 7.41. The average Bonchev–Trinajstić information content (AvgIpc) is 2.52. The first-order valence-corrected chi connectivity index (χ1v) is 9.23. The minimum absolute atomic E-state index is 0.0187. The van der Waals surface area contributed by atoms with E-state index in [1.807, 2.05) is 39.0 Å². The van der Waals surface area contributed by atoms with E-state index >= 15 is 0 Å². The summed E-state index contributed by atoms with van der Waals surface area (Å²) >= 11 is 1.31. The van der Waals surface area contributed by atoms with Crippen LogP contribution in [0.15, 0.2) is 34.2 Å². The van der Waals surface area contributed by atoms with Gasteiger partial charge in [0.1, 0.15) is 0 Å². The summed E-state index contributed by atoms with van der Waals surface area (Å²) in [6.45, 7) is 10.0. The Kier molecular flexibility index (Phi) is 6.04. The van der Waals surface area contributed by atoms with Gasteiger partial charge in [-0.2, -0.15) is 0 Å². The number of para-hydroxylation sites is 1. The smallest absolute Gasteiger partial charge is 0.262 e. The van der Waals surface area contributed by atoms with Crippen molar-refractivity contribution in [1.29, 1.82) is 0 Å². The summed E-state index contributed by atoms with van der Waals surface area (Å²) in [5.74, 6) is 0.583. The lowest BCUT2D eigenvalue weighted by Gasteiger charge is -2.18. The average molecular weight is 347 g/mol. The van der Waals surface area contributed by atoms with E-state index in [1.165, 1.54) is 11.8 Å². The van der Waals surface area contributed by atoms with Crippen LogP contribution < -0.4 is 10.9 Å². The Bertz CT molecular complexity index is 783. The molecule has 0 aliphatic rings. The molecule has 2 aromatic rings. The predicted octanol–water partition coefficient (Wildman–Crippen LogP) is 3.23. The first-order valence-electron chi connectivity index (χ1n) is 8.24. The van der Waals surface area contributed by atoms with E-state index in [0.717, 1.165) is 0 Å². The lowest BCUT2D eigenvalue weighted by Crippen LogP contribution is -2.37. The first kappa shape index (κ1) is 18.5. The number of hydrogen-bond acceptors (Lipinski definition) is 4. The number of nitrogens with one attached hydrogen (secondary N) is 1. The van der Waals surface area contributed by atoms with Crippen LogP contribution in [-0.2, 0) is 4.79 Å². The van der Waals surface area contributed by atoms with Gasteiger partial charge < -0.3 is 5.32 Å². The third kappa shape index (κ3) is 4.17. The molecule has 5 nitrogen and oxygen atoms in total. The van der Waals surface area contributed by atoms with Gasteiger partial charge in [-0.25, -0.2) is 4.98 Å². The Balaban J connectivity index is 2.26. The largest absolute Gasteiger partial charge is 0.353 e. The molecule has 0 saturated heterocycles. The molecule has 0 spiro atoms. The number of fused-ring (bicyclic) bond motifs is 1. The van der Waals surface area contributed by atoms with Gasteiger partial charge in [0, 0.05) is 12.1 Å². The lowest BCUT2D eigenvalue weighted by atomic mass is 10.1. The first-order chi connectivity index (χ1) is 11.3. The predicted molar refractivity (Wildman–Crippen MR) is 99.6 cm³/mol. The van der Waals surface area contributed by atoms with Gasteiger partial charge in [0.05, 0.1) is 16.7 Å². The van der Waals surface area contributed by atoms with Crippen LogP contribution in [0, 0.1) is 5.92 Å². The Labute approximate surface area is 146 Å². The number of hydrogen-bond donors (Lipinski definition) is 1. The monoisotopic (exact) mass is 347 g/mol. The van der Waals surface area contributed by atoms with Crippen LogP contribution >= 0.6 is 11.8 Å². The second kappa shape index (κ2) is 7.83. The molecule has 1 atom stereocenters. The maximum atomic E-state index is 12.7. The Morgan fingerprint density at radius 3 is 2.50 bits per heavy atom. The van der Waals surface area contributed by atoms with Crippen molar-refractivity contribution < 1.29 is 4.79 Å². The van der Waals surface area contributed by atoms with Gasteiger partial charge in [-0.05, 0) is 38.8 Å². The minimum atomic E-state index is -0.0611. The number of amides is 1. The zero-order valence-corrected chi connectivity index (χ0v) is 15.7. The Morgan fingerprint density at radius 1 is 1.21 bits per heavy atom. The fourth-order valence-corrected chi connectivity index (χ4v) is 3.21. The second-order valence-corrected chi connectivity index (χ2v) is 7.51. The van der Waals surface area contributed by atoms with Gasteiger partial charge in [0.15, 0.2) is 5.16 Å². The standard InChI is InChI=1S/C18H25N3O2S/c1-11(2)13(5)19-16(22)10-24-18-20-15-9-7-6-8-14(15)17(23)21(18)12(3)4/h6-9,11-13H,10H2,1-5H3,(H,19,22)/t13-/m1/s1. The molecule has 6 heteroatoms. The number of rotatable bonds is 6. The number of nitrogens with zero attached hydrogens (tertiary/aromatic N) is 2. The quantitative estimate of drug-likeness (QED) is 0.644. The van der Waals surface area contributed by atoms with Crippen LogP contribution in [0.2, 0.25) is 0 Å². The number of carbonyl (C=O) groups excluding carboxylic acids is 1. The number of thioether (sulfide) groups is 1. The van der Waals surface area contributed by atoms with Crippen molar-refractivity contribution in [3.05, 3.63) is 34.6 Å². The molecule has 2 rings (SSSR count). The van der Waals surface area contributed by atoms with Crippen LogP contribution in [-0.4, -0.2) is 27.3 Å². The van der Waals surface area contributed by atoms with Crippen molar-refractivity contribution in [2.75, 3.05) is 5.75 Å². The summed E-state index contributed by atoms with van der Waals surface area (Å²) in [4.78, 5) is 29.4. The number of benzene rings is 1. The molecular weight excluding hydrogens is 322 g/mol. The molecule has 0 aliphatic carbocycles. The molecule has 130 valence electrons. The highest BCUT2D eigenvalue weighted by Crippen LogP contribution is 2.20. The van der Waals surface area contributed by atoms with E-state index < -0.39 is 0 Å². The third-order valence-corrected chi connectivity index (χ3v) is 4.97. The van der Waals surface area contributed by atoms with Crippen molar-refractivity contribution in [3.63, 3.8) is 0 Å². The lowest BCUT2D eigenvalue weighted by molar-refractivity contribution is -0.119. The summed E-state index contributed by atoms with van der Waals surface area (Å²) < 4.78 is 1.66. The molecular formula is C18H25N3O2S. The zero-order valence-electron chi connectivity index (χ0n) is 14.9. The maximum Gasteiger partial charge on any atom is 0.262 e. The highest BCUT2D eigenvalue weighted by Gasteiger charge is 2.16. The molecule has 0 unspecified atom stereocenters. The molecule has 0 aliphatic heterocycles. The molecule has 0 saturated carbocycles. The van der Waals surface area contributed by atoms with Crippen LogP contribution in [0.5, 0.6) is 0 Å². The van der Waals surface area contributed by atoms with E-state index in [-0.39, 0.29) is 29.3 Å². The van der Waals surface area contributed by atoms with Crippen LogP contribution in [0.25, 0.3) is 10.9 Å². The van der Waals surface area contributed by atoms with E-state index in [2.05, 4.69) is 24.1 Å². The SMILES string of the molecule is CC(C)[C@@H](C)NC(=O)CSc1nc2ccccc2c(=O)n1C(C)C. The van der Waals surface area contributed by atoms with Gasteiger partial charge in [0.25, 0.3) is 5.56 Å². The Hall–Kier alpha value is -1.82. The summed E-state index contributed by atoms with van der Waals surface area (Å²) in [5, 5.41) is 4.16. The summed E-state index contributed by atoms with van der Waals surface area (Å²) in [6.07, 6.45) is 0. The van der Waals surface area contributed by atoms with Crippen molar-refractivity contribution in [1.82, 2.24) is 14.9 Å². The van der Waals surface area contributed by atoms with Crippen LogP contribution in [0.4, 0.5) is 0 Å². The molecule has 1 heterocycles. The highest BCUT2D eigenvalue weighted by atomic mass is 32.2. The van der Waals surface area contributed by atoms with Crippen LogP contribution in [0.3, 0.4) is 0 Å². The number of aromatic nitrogens is 2. The number of carbonyl (C=O) groups is 1. The topological polar surface area (TPSA) is 64.0 Å². The minimum Gasteiger partial charge on any atom is -0.353 e. The van der Waals surface area contributed by atoms with Gasteiger partial charge in [-0.15, -0.1) is 0 Å². The van der Waals surface area contributed by atoms with E-state index in [1.54, 1.807) is 10.6 Å². The fourth-order valence-electron chi connectivity index (χ4n) is 2.28. The normalized spacial score (nSPS) is 12.8. The molecule has 0 fully saturated rings. The third-order valence-electron chi connectivity index (χ3n) is 4.01. The summed E-state index contributed by atoms with van der Waals surface area (Å²) in [7, 11) is 0. The molecule has 1 aromatic heterocycles. The zero-order chi connectivity index (χ0) is 17.9. The van der Waals surface area contributed by atoms with Crippen LogP contribution in [0.1, 0.15) is 40.7 Å². The van der Waals surface area contributed by atoms with E-state index in [0.29, 0.717) is 22.0 Å². The molecule has 0 radical (unpaired) electrons. The molecule has 1 N–H and O–H groups in total. The van der Waals surface area contributed by atoms with E-state index in [9.17, 15) is 9.59 Å². The highest BCUT2D eigenvalue weighted by molar-refractivity contribution is 7.99. The van der Waals surface area contributed by atoms with Gasteiger partial charge in [-0.3, -0.25) is 14.2 Å². The Morgan fingerprint density at radius 2 is 1.88 bits per heavy atom. The van der Waals surface area contributed by atoms with Crippen molar-refractivity contribution in [2.45, 2.75) is 51.9 Å². The van der Waals surface area contributed by atoms with Crippen molar-refractivity contribution in [2.24, 2.45) is 5.92 Å². The molecule has 1 aromatic carbocycles. The summed E-state index contributed by atoms with van der Waals surface area (Å²) in [5.41, 5.74) is 0.604. The van der Waals surface area contributed by atoms with Crippen molar-refractivity contribution in [3.8, 4) is 0 Å². The van der Waals surface area contributed by atoms with E-state index in [4.69, 9.17) is 0 Å². The maximum absolute atomic E-state index is 12.7. The molecule has 1 amide bonds. The molecule has 24 heavy (non-hydrogen) atoms. The van der Waals surface area contributed by atoms with Gasteiger partial charge in [-0.1, -0.05) is 37.7 Å². The van der Waals surface area contributed by atoms with Gasteiger partial charge >= 0.3 is 0 Å². The second-order valence-electron chi connectivity index (χ2n) is 6.57.